The van der Waals surface area contributed by atoms with Gasteiger partial charge in [-0.15, -0.1) is 12.6 Å². The summed E-state index contributed by atoms with van der Waals surface area (Å²) in [5.74, 6) is 0. The normalized spacial score (nSPS) is 25.4. The summed E-state index contributed by atoms with van der Waals surface area (Å²) in [4.78, 5) is 12.8. The van der Waals surface area contributed by atoms with E-state index in [1.165, 1.54) is 16.4 Å². The number of hydrogen-bond acceptors (Lipinski definition) is 8. The predicted molar refractivity (Wildman–Crippen MR) is 103 cm³/mol. The molecule has 2 fully saturated rings. The van der Waals surface area contributed by atoms with Crippen molar-refractivity contribution >= 4 is 28.3 Å². The van der Waals surface area contributed by atoms with Gasteiger partial charge in [-0.25, -0.2) is 8.42 Å². The average Bonchev–Trinajstić information content (AvgIpc) is 2.64. The van der Waals surface area contributed by atoms with Gasteiger partial charge in [-0.3, -0.25) is 15.0 Å². The maximum absolute atomic E-state index is 13.1. The Bertz CT molecular complexity index is 804. The van der Waals surface area contributed by atoms with Gasteiger partial charge in [-0.1, -0.05) is 0 Å². The second-order valence-corrected chi connectivity index (χ2v) is 9.23. The minimum atomic E-state index is -3.87. The zero-order chi connectivity index (χ0) is 19.6. The van der Waals surface area contributed by atoms with Crippen molar-refractivity contribution in [3.63, 3.8) is 0 Å². The molecule has 0 unspecified atom stereocenters. The summed E-state index contributed by atoms with van der Waals surface area (Å²) in [6.07, 6.45) is 0. The monoisotopic (exact) mass is 416 g/mol. The zero-order valence-corrected chi connectivity index (χ0v) is 16.8. The van der Waals surface area contributed by atoms with Crippen LogP contribution in [0.3, 0.4) is 0 Å². The molecule has 0 spiro atoms. The van der Waals surface area contributed by atoms with Gasteiger partial charge in [0.2, 0.25) is 10.0 Å². The first-order valence-electron chi connectivity index (χ1n) is 8.82. The lowest BCUT2D eigenvalue weighted by Crippen LogP contribution is -2.58. The highest BCUT2D eigenvalue weighted by Crippen LogP contribution is 2.28. The Balaban J connectivity index is 1.76. The van der Waals surface area contributed by atoms with E-state index >= 15 is 0 Å². The molecule has 0 radical (unpaired) electrons. The molecule has 11 heteroatoms. The van der Waals surface area contributed by atoms with Gasteiger partial charge in [-0.2, -0.15) is 4.31 Å². The van der Waals surface area contributed by atoms with Crippen molar-refractivity contribution in [2.24, 2.45) is 0 Å². The Morgan fingerprint density at radius 2 is 2.19 bits per heavy atom. The van der Waals surface area contributed by atoms with Gasteiger partial charge in [0.25, 0.3) is 5.69 Å². The van der Waals surface area contributed by atoms with Crippen LogP contribution < -0.4 is 5.32 Å². The number of ether oxygens (including phenoxy) is 1. The van der Waals surface area contributed by atoms with E-state index in [4.69, 9.17) is 4.74 Å². The summed E-state index contributed by atoms with van der Waals surface area (Å²) >= 11 is 4.20. The molecule has 0 bridgehead atoms. The van der Waals surface area contributed by atoms with Crippen molar-refractivity contribution in [3.8, 4) is 0 Å². The smallest absolute Gasteiger partial charge is 0.270 e. The van der Waals surface area contributed by atoms with E-state index in [1.807, 2.05) is 0 Å². The summed E-state index contributed by atoms with van der Waals surface area (Å²) in [6, 6.07) is 3.95. The Kier molecular flexibility index (Phi) is 6.39. The lowest BCUT2D eigenvalue weighted by Gasteiger charge is -2.39. The minimum Gasteiger partial charge on any atom is -0.379 e. The predicted octanol–water partition coefficient (Wildman–Crippen LogP) is 0.567. The summed E-state index contributed by atoms with van der Waals surface area (Å²) in [7, 11) is -3.87. The lowest BCUT2D eigenvalue weighted by atomic mass is 10.2. The van der Waals surface area contributed by atoms with Crippen LogP contribution in [0.25, 0.3) is 0 Å². The molecule has 2 heterocycles. The van der Waals surface area contributed by atoms with Gasteiger partial charge in [0.1, 0.15) is 4.90 Å². The van der Waals surface area contributed by atoms with E-state index in [0.717, 1.165) is 19.2 Å². The van der Waals surface area contributed by atoms with Crippen LogP contribution in [-0.4, -0.2) is 80.6 Å². The Morgan fingerprint density at radius 3 is 2.89 bits per heavy atom. The Hall–Kier alpha value is -1.24. The van der Waals surface area contributed by atoms with Gasteiger partial charge in [0.15, 0.2) is 0 Å². The summed E-state index contributed by atoms with van der Waals surface area (Å²) in [6.45, 7) is 6.13. The van der Waals surface area contributed by atoms with Crippen LogP contribution >= 0.6 is 12.6 Å². The van der Waals surface area contributed by atoms with Gasteiger partial charge in [0.05, 0.1) is 18.1 Å². The van der Waals surface area contributed by atoms with Crippen LogP contribution in [0.15, 0.2) is 28.0 Å². The van der Waals surface area contributed by atoms with E-state index in [-0.39, 0.29) is 27.6 Å². The molecule has 1 N–H and O–H groups in total. The lowest BCUT2D eigenvalue weighted by molar-refractivity contribution is -0.385. The van der Waals surface area contributed by atoms with Crippen LogP contribution in [0.4, 0.5) is 5.69 Å². The number of piperazine rings is 1. The molecule has 3 rings (SSSR count). The van der Waals surface area contributed by atoms with Crippen molar-refractivity contribution in [3.05, 3.63) is 28.3 Å². The highest BCUT2D eigenvalue weighted by atomic mass is 32.2. The molecule has 0 saturated carbocycles. The van der Waals surface area contributed by atoms with Gasteiger partial charge < -0.3 is 10.1 Å². The quantitative estimate of drug-likeness (QED) is 0.411. The Labute approximate surface area is 164 Å². The molecule has 2 aliphatic heterocycles. The molecule has 2 aliphatic rings. The number of rotatable bonds is 5. The number of thiol groups is 1. The maximum atomic E-state index is 13.1. The number of nitrogens with zero attached hydrogens (tertiary/aromatic N) is 3. The molecule has 2 atom stereocenters. The topological polar surface area (TPSA) is 105 Å². The summed E-state index contributed by atoms with van der Waals surface area (Å²) in [5, 5.41) is 14.4. The molecular weight excluding hydrogens is 392 g/mol. The maximum Gasteiger partial charge on any atom is 0.270 e. The number of non-ortho nitro benzene ring substituents is 1. The number of hydrogen-bond donors (Lipinski definition) is 2. The van der Waals surface area contributed by atoms with Crippen LogP contribution in [-0.2, 0) is 14.8 Å². The number of sulfonamides is 1. The minimum absolute atomic E-state index is 0.0175. The van der Waals surface area contributed by atoms with Crippen molar-refractivity contribution in [2.75, 3.05) is 45.9 Å². The Morgan fingerprint density at radius 1 is 1.41 bits per heavy atom. The largest absolute Gasteiger partial charge is 0.379 e. The molecule has 27 heavy (non-hydrogen) atoms. The number of nitrogens with one attached hydrogen (secondary N) is 1. The molecule has 0 aliphatic carbocycles. The average molecular weight is 417 g/mol. The first-order chi connectivity index (χ1) is 12.8. The third-order valence-corrected chi connectivity index (χ3v) is 7.40. The van der Waals surface area contributed by atoms with E-state index in [1.54, 1.807) is 0 Å². The molecular formula is C16H24N4O5S2. The molecule has 1 aromatic rings. The van der Waals surface area contributed by atoms with E-state index in [0.29, 0.717) is 32.8 Å². The second kappa shape index (κ2) is 8.41. The highest BCUT2D eigenvalue weighted by molar-refractivity contribution is 7.90. The SMILES string of the molecule is C[C@H]1COCCN1C[C@H]1CN(S(=O)(=O)c2cc([N+](=O)[O-])ccc2S)CCN1. The van der Waals surface area contributed by atoms with E-state index in [2.05, 4.69) is 29.8 Å². The molecule has 0 amide bonds. The number of nitro benzene ring substituents is 1. The first kappa shape index (κ1) is 20.5. The fourth-order valence-electron chi connectivity index (χ4n) is 3.41. The van der Waals surface area contributed by atoms with E-state index < -0.39 is 14.9 Å². The number of benzene rings is 1. The summed E-state index contributed by atoms with van der Waals surface area (Å²) < 4.78 is 33.0. The van der Waals surface area contributed by atoms with E-state index in [9.17, 15) is 18.5 Å². The third-order valence-electron chi connectivity index (χ3n) is 4.95. The zero-order valence-electron chi connectivity index (χ0n) is 15.1. The van der Waals surface area contributed by atoms with Crippen molar-refractivity contribution in [1.29, 1.82) is 0 Å². The van der Waals surface area contributed by atoms with Crippen molar-refractivity contribution in [1.82, 2.24) is 14.5 Å². The molecule has 150 valence electrons. The molecule has 9 nitrogen and oxygen atoms in total. The highest BCUT2D eigenvalue weighted by Gasteiger charge is 2.33. The standard InChI is InChI=1S/C16H24N4O5S2/c1-12-11-25-7-6-18(12)9-13-10-19(5-4-17-13)27(23,24)16-8-14(20(21)22)2-3-15(16)26/h2-3,8,12-13,17,26H,4-7,9-11H2,1H3/t12-,13-/m0/s1. The van der Waals surface area contributed by atoms with Crippen LogP contribution in [0, 0.1) is 10.1 Å². The van der Waals surface area contributed by atoms with Gasteiger partial charge in [-0.05, 0) is 13.0 Å². The number of nitro groups is 1. The van der Waals surface area contributed by atoms with Crippen molar-refractivity contribution in [2.45, 2.75) is 28.8 Å². The molecule has 0 aromatic heterocycles. The van der Waals surface area contributed by atoms with Crippen LogP contribution in [0.5, 0.6) is 0 Å². The molecule has 2 saturated heterocycles. The fourth-order valence-corrected chi connectivity index (χ4v) is 5.49. The molecule has 1 aromatic carbocycles. The summed E-state index contributed by atoms with van der Waals surface area (Å²) in [5.41, 5.74) is -0.264. The van der Waals surface area contributed by atoms with Gasteiger partial charge >= 0.3 is 0 Å². The van der Waals surface area contributed by atoms with Crippen LogP contribution in [0.1, 0.15) is 6.92 Å². The van der Waals surface area contributed by atoms with Crippen LogP contribution in [0.2, 0.25) is 0 Å². The second-order valence-electron chi connectivity index (χ2n) is 6.84. The number of morpholine rings is 1. The van der Waals surface area contributed by atoms with Gasteiger partial charge in [0, 0.05) is 61.8 Å². The third kappa shape index (κ3) is 4.61. The fraction of sp³-hybridized carbons (Fsp3) is 0.625. The van der Waals surface area contributed by atoms with Crippen molar-refractivity contribution < 1.29 is 18.1 Å². The first-order valence-corrected chi connectivity index (χ1v) is 10.7.